The third-order valence-electron chi connectivity index (χ3n) is 2.90. The van der Waals surface area contributed by atoms with E-state index in [0.717, 1.165) is 30.9 Å². The predicted octanol–water partition coefficient (Wildman–Crippen LogP) is 3.55. The molecule has 1 aromatic heterocycles. The molecule has 2 rings (SSSR count). The number of rotatable bonds is 4. The zero-order chi connectivity index (χ0) is 11.5. The van der Waals surface area contributed by atoms with E-state index in [4.69, 9.17) is 4.42 Å². The lowest BCUT2D eigenvalue weighted by atomic mass is 10.1. The summed E-state index contributed by atoms with van der Waals surface area (Å²) in [7, 11) is 0. The summed E-state index contributed by atoms with van der Waals surface area (Å²) in [5, 5.41) is 4.62. The lowest BCUT2D eigenvalue weighted by Crippen LogP contribution is -2.13. The fourth-order valence-electron chi connectivity index (χ4n) is 1.93. The molecular weight excluding hydrogens is 198 g/mol. The Kier molecular flexibility index (Phi) is 3.30. The third kappa shape index (κ3) is 2.12. The summed E-state index contributed by atoms with van der Waals surface area (Å²) in [5.74, 6) is 1.06. The van der Waals surface area contributed by atoms with Gasteiger partial charge in [-0.25, -0.2) is 0 Å². The van der Waals surface area contributed by atoms with Crippen LogP contribution in [0, 0.1) is 13.8 Å². The van der Waals surface area contributed by atoms with Gasteiger partial charge in [-0.15, -0.1) is 0 Å². The van der Waals surface area contributed by atoms with Crippen LogP contribution in [0.5, 0.6) is 0 Å². The summed E-state index contributed by atoms with van der Waals surface area (Å²) in [6.07, 6.45) is 1.15. The van der Waals surface area contributed by atoms with Crippen molar-refractivity contribution in [1.29, 1.82) is 0 Å². The molecule has 0 unspecified atom stereocenters. The van der Waals surface area contributed by atoms with Gasteiger partial charge in [0.05, 0.1) is 6.54 Å². The fourth-order valence-corrected chi connectivity index (χ4v) is 1.93. The summed E-state index contributed by atoms with van der Waals surface area (Å²) in [6.45, 7) is 8.28. The molecule has 0 saturated heterocycles. The van der Waals surface area contributed by atoms with Crippen molar-refractivity contribution in [3.8, 4) is 0 Å². The molecule has 2 aromatic rings. The van der Waals surface area contributed by atoms with Crippen LogP contribution >= 0.6 is 0 Å². The van der Waals surface area contributed by atoms with Crippen LogP contribution in [0.3, 0.4) is 0 Å². The molecular formula is C14H19NO. The first-order valence-corrected chi connectivity index (χ1v) is 5.91. The zero-order valence-corrected chi connectivity index (χ0v) is 10.3. The highest BCUT2D eigenvalue weighted by Gasteiger charge is 2.09. The van der Waals surface area contributed by atoms with Gasteiger partial charge in [-0.3, -0.25) is 0 Å². The first kappa shape index (κ1) is 11.2. The van der Waals surface area contributed by atoms with Gasteiger partial charge in [0.1, 0.15) is 11.3 Å². The molecule has 2 nitrogen and oxygen atoms in total. The molecule has 0 aliphatic heterocycles. The van der Waals surface area contributed by atoms with Gasteiger partial charge in [0, 0.05) is 5.39 Å². The summed E-state index contributed by atoms with van der Waals surface area (Å²) in [6, 6.07) is 6.34. The van der Waals surface area contributed by atoms with E-state index in [2.05, 4.69) is 44.3 Å². The van der Waals surface area contributed by atoms with E-state index in [-0.39, 0.29) is 0 Å². The minimum atomic E-state index is 0.827. The number of nitrogens with one attached hydrogen (secondary N) is 1. The molecule has 16 heavy (non-hydrogen) atoms. The van der Waals surface area contributed by atoms with E-state index in [0.29, 0.717) is 0 Å². The minimum absolute atomic E-state index is 0.827. The predicted molar refractivity (Wildman–Crippen MR) is 67.7 cm³/mol. The standard InChI is InChI=1S/C14H19NO/c1-4-7-15-9-14-11(3)12-8-10(2)5-6-13(12)16-14/h5-6,8,15H,4,7,9H2,1-3H3. The highest BCUT2D eigenvalue weighted by Crippen LogP contribution is 2.25. The Bertz CT molecular complexity index is 485. The lowest BCUT2D eigenvalue weighted by molar-refractivity contribution is 0.510. The molecule has 0 saturated carbocycles. The molecule has 0 aliphatic rings. The summed E-state index contributed by atoms with van der Waals surface area (Å²) >= 11 is 0. The maximum atomic E-state index is 5.84. The normalized spacial score (nSPS) is 11.2. The van der Waals surface area contributed by atoms with Gasteiger partial charge in [0.2, 0.25) is 0 Å². The Morgan fingerprint density at radius 1 is 1.25 bits per heavy atom. The molecule has 0 amide bonds. The first-order valence-electron chi connectivity index (χ1n) is 5.91. The van der Waals surface area contributed by atoms with Gasteiger partial charge < -0.3 is 9.73 Å². The molecule has 0 spiro atoms. The van der Waals surface area contributed by atoms with E-state index < -0.39 is 0 Å². The number of benzene rings is 1. The van der Waals surface area contributed by atoms with Crippen molar-refractivity contribution in [1.82, 2.24) is 5.32 Å². The second-order valence-electron chi connectivity index (χ2n) is 4.33. The third-order valence-corrected chi connectivity index (χ3v) is 2.90. The van der Waals surface area contributed by atoms with E-state index in [1.807, 2.05) is 0 Å². The van der Waals surface area contributed by atoms with E-state index in [9.17, 15) is 0 Å². The smallest absolute Gasteiger partial charge is 0.134 e. The number of fused-ring (bicyclic) bond motifs is 1. The highest BCUT2D eigenvalue weighted by molar-refractivity contribution is 5.82. The molecule has 0 bridgehead atoms. The van der Waals surface area contributed by atoms with Gasteiger partial charge in [0.25, 0.3) is 0 Å². The number of aryl methyl sites for hydroxylation is 2. The van der Waals surface area contributed by atoms with Crippen LogP contribution in [0.4, 0.5) is 0 Å². The Morgan fingerprint density at radius 3 is 2.81 bits per heavy atom. The second-order valence-corrected chi connectivity index (χ2v) is 4.33. The van der Waals surface area contributed by atoms with Crippen LogP contribution in [-0.4, -0.2) is 6.54 Å². The largest absolute Gasteiger partial charge is 0.459 e. The average Bonchev–Trinajstić information content (AvgIpc) is 2.57. The Morgan fingerprint density at radius 2 is 2.06 bits per heavy atom. The van der Waals surface area contributed by atoms with E-state index >= 15 is 0 Å². The summed E-state index contributed by atoms with van der Waals surface area (Å²) in [5.41, 5.74) is 3.54. The van der Waals surface area contributed by atoms with Crippen molar-refractivity contribution in [2.45, 2.75) is 33.7 Å². The van der Waals surface area contributed by atoms with E-state index in [1.54, 1.807) is 0 Å². The summed E-state index contributed by atoms with van der Waals surface area (Å²) in [4.78, 5) is 0. The molecule has 0 radical (unpaired) electrons. The van der Waals surface area contributed by atoms with Gasteiger partial charge in [-0.05, 0) is 44.5 Å². The Balaban J connectivity index is 2.29. The van der Waals surface area contributed by atoms with Crippen LogP contribution in [0.2, 0.25) is 0 Å². The SMILES string of the molecule is CCCNCc1oc2ccc(C)cc2c1C. The van der Waals surface area contributed by atoms with Gasteiger partial charge in [-0.2, -0.15) is 0 Å². The number of hydrogen-bond donors (Lipinski definition) is 1. The second kappa shape index (κ2) is 4.71. The molecule has 86 valence electrons. The molecule has 1 aromatic carbocycles. The monoisotopic (exact) mass is 217 g/mol. The van der Waals surface area contributed by atoms with Crippen molar-refractivity contribution in [2.75, 3.05) is 6.54 Å². The van der Waals surface area contributed by atoms with Gasteiger partial charge >= 0.3 is 0 Å². The van der Waals surface area contributed by atoms with Crippen molar-refractivity contribution >= 4 is 11.0 Å². The molecule has 1 N–H and O–H groups in total. The van der Waals surface area contributed by atoms with Crippen LogP contribution in [0.1, 0.15) is 30.2 Å². The Hall–Kier alpha value is -1.28. The van der Waals surface area contributed by atoms with Crippen LogP contribution in [-0.2, 0) is 6.54 Å². The van der Waals surface area contributed by atoms with Gasteiger partial charge in [-0.1, -0.05) is 18.6 Å². The summed E-state index contributed by atoms with van der Waals surface area (Å²) < 4.78 is 5.84. The number of hydrogen-bond acceptors (Lipinski definition) is 2. The molecule has 0 atom stereocenters. The molecule has 2 heteroatoms. The van der Waals surface area contributed by atoms with Crippen LogP contribution < -0.4 is 5.32 Å². The molecule has 0 fully saturated rings. The highest BCUT2D eigenvalue weighted by atomic mass is 16.3. The maximum absolute atomic E-state index is 5.84. The minimum Gasteiger partial charge on any atom is -0.459 e. The lowest BCUT2D eigenvalue weighted by Gasteiger charge is -2.00. The average molecular weight is 217 g/mol. The topological polar surface area (TPSA) is 25.2 Å². The quantitative estimate of drug-likeness (QED) is 0.792. The number of furan rings is 1. The zero-order valence-electron chi connectivity index (χ0n) is 10.3. The van der Waals surface area contributed by atoms with Crippen molar-refractivity contribution < 1.29 is 4.42 Å². The van der Waals surface area contributed by atoms with Crippen LogP contribution in [0.15, 0.2) is 22.6 Å². The Labute approximate surface area is 96.6 Å². The molecule has 0 aliphatic carbocycles. The fraction of sp³-hybridized carbons (Fsp3) is 0.429. The van der Waals surface area contributed by atoms with Crippen LogP contribution in [0.25, 0.3) is 11.0 Å². The molecule has 1 heterocycles. The van der Waals surface area contributed by atoms with E-state index in [1.165, 1.54) is 16.5 Å². The van der Waals surface area contributed by atoms with Crippen molar-refractivity contribution in [2.24, 2.45) is 0 Å². The first-order chi connectivity index (χ1) is 7.72. The van der Waals surface area contributed by atoms with Crippen molar-refractivity contribution in [3.63, 3.8) is 0 Å². The van der Waals surface area contributed by atoms with Crippen molar-refractivity contribution in [3.05, 3.63) is 35.1 Å². The van der Waals surface area contributed by atoms with Gasteiger partial charge in [0.15, 0.2) is 0 Å². The maximum Gasteiger partial charge on any atom is 0.134 e.